The first-order valence-electron chi connectivity index (χ1n) is 10.3. The summed E-state index contributed by atoms with van der Waals surface area (Å²) in [5, 5.41) is 11.6. The molecule has 12 heteroatoms. The summed E-state index contributed by atoms with van der Waals surface area (Å²) in [6.45, 7) is 0.381. The van der Waals surface area contributed by atoms with Crippen LogP contribution < -0.4 is 5.32 Å². The molecule has 1 amide bonds. The maximum atomic E-state index is 13.4. The van der Waals surface area contributed by atoms with E-state index in [0.29, 0.717) is 36.9 Å². The smallest absolute Gasteiger partial charge is 0.393 e. The molecular weight excluding hydrogens is 484 g/mol. The van der Waals surface area contributed by atoms with Gasteiger partial charge in [-0.1, -0.05) is 18.1 Å². The Kier molecular flexibility index (Phi) is 8.00. The van der Waals surface area contributed by atoms with E-state index in [-0.39, 0.29) is 36.5 Å². The number of piperidine rings is 1. The third-order valence-electron chi connectivity index (χ3n) is 5.48. The van der Waals surface area contributed by atoms with Gasteiger partial charge in [0.05, 0.1) is 22.6 Å². The molecule has 2 aliphatic heterocycles. The predicted octanol–water partition coefficient (Wildman–Crippen LogP) is 4.67. The van der Waals surface area contributed by atoms with Gasteiger partial charge in [-0.3, -0.25) is 9.69 Å². The zero-order chi connectivity index (χ0) is 25.1. The molecule has 2 N–H and O–H groups in total. The minimum absolute atomic E-state index is 0.0183. The molecule has 1 aromatic carbocycles. The number of rotatable bonds is 5. The van der Waals surface area contributed by atoms with Crippen molar-refractivity contribution in [3.8, 4) is 12.3 Å². The number of amidine groups is 1. The second-order valence-electron chi connectivity index (χ2n) is 7.89. The Morgan fingerprint density at radius 1 is 1.24 bits per heavy atom. The maximum Gasteiger partial charge on any atom is 0.416 e. The van der Waals surface area contributed by atoms with Crippen LogP contribution in [-0.2, 0) is 18.9 Å². The van der Waals surface area contributed by atoms with Crippen molar-refractivity contribution in [2.75, 3.05) is 19.7 Å². The second-order valence-corrected chi connectivity index (χ2v) is 8.88. The zero-order valence-corrected chi connectivity index (χ0v) is 18.5. The number of carbonyl (C=O) groups excluding carboxylic acids is 1. The van der Waals surface area contributed by atoms with Gasteiger partial charge in [-0.2, -0.15) is 31.3 Å². The number of likely N-dealkylation sites (tertiary alicyclic amines) is 1. The molecule has 0 aliphatic carbocycles. The number of benzene rings is 1. The molecule has 0 bridgehead atoms. The number of hydrogen-bond donors (Lipinski definition) is 2. The Hall–Kier alpha value is -2.49. The number of amides is 1. The predicted molar refractivity (Wildman–Crippen MR) is 116 cm³/mol. The van der Waals surface area contributed by atoms with E-state index in [1.54, 1.807) is 4.90 Å². The number of allylic oxidation sites excluding steroid dienone is 1. The van der Waals surface area contributed by atoms with Gasteiger partial charge in [-0.25, -0.2) is 0 Å². The molecule has 0 saturated carbocycles. The first-order chi connectivity index (χ1) is 15.9. The van der Waals surface area contributed by atoms with Crippen LogP contribution in [0, 0.1) is 18.3 Å². The molecule has 0 aromatic heterocycles. The van der Waals surface area contributed by atoms with Crippen LogP contribution in [0.5, 0.6) is 0 Å². The van der Waals surface area contributed by atoms with Crippen LogP contribution in [0.2, 0.25) is 0 Å². The summed E-state index contributed by atoms with van der Waals surface area (Å²) >= 11 is 0.917. The third kappa shape index (κ3) is 6.55. The topological polar surface area (TPSA) is 64.9 Å². The molecular formula is C22H21F6N3O2S. The minimum atomic E-state index is -4.90. The van der Waals surface area contributed by atoms with E-state index in [2.05, 4.69) is 16.2 Å². The van der Waals surface area contributed by atoms with Crippen LogP contribution in [-0.4, -0.2) is 46.8 Å². The fourth-order valence-electron chi connectivity index (χ4n) is 3.72. The maximum absolute atomic E-state index is 13.4. The Labute approximate surface area is 196 Å². The number of nitrogens with zero attached hydrogens (tertiary/aromatic N) is 2. The van der Waals surface area contributed by atoms with Crippen molar-refractivity contribution in [3.63, 3.8) is 0 Å². The number of aliphatic imine (C=N–C) groups is 1. The van der Waals surface area contributed by atoms with Gasteiger partial charge in [0.25, 0.3) is 0 Å². The summed E-state index contributed by atoms with van der Waals surface area (Å²) in [6, 6.07) is 1.00. The molecule has 5 nitrogen and oxygen atoms in total. The van der Waals surface area contributed by atoms with Crippen LogP contribution in [0.3, 0.4) is 0 Å². The van der Waals surface area contributed by atoms with Crippen LogP contribution in [0.15, 0.2) is 34.2 Å². The highest BCUT2D eigenvalue weighted by atomic mass is 32.2. The van der Waals surface area contributed by atoms with Crippen molar-refractivity contribution >= 4 is 22.8 Å². The Morgan fingerprint density at radius 3 is 2.47 bits per heavy atom. The average Bonchev–Trinajstić information content (AvgIpc) is 3.10. The molecule has 0 spiro atoms. The minimum Gasteiger partial charge on any atom is -0.393 e. The van der Waals surface area contributed by atoms with E-state index in [4.69, 9.17) is 6.42 Å². The SMILES string of the molecule is C#C[C@H](CO)NC1=NC(=O)S/C1=C\C1CCN(Cc2ccc(C(F)(F)F)cc2C(F)(F)F)CC1. The number of aliphatic hydroxyl groups is 1. The standard InChI is InChI=1S/C22H21F6N3O2S/c1-2-16(12-32)29-19-18(34-20(33)30-19)9-13-5-7-31(8-6-13)11-14-3-4-15(21(23,24)25)10-17(14)22(26,27)28/h1,3-4,9-10,13,16,32H,5-8,11-12H2,(H,29,30,33)/b18-9-/t16-/m1/s1. The average molecular weight is 505 g/mol. The lowest BCUT2D eigenvalue weighted by Gasteiger charge is -2.31. The van der Waals surface area contributed by atoms with Gasteiger partial charge in [0.1, 0.15) is 11.9 Å². The van der Waals surface area contributed by atoms with Crippen LogP contribution in [0.25, 0.3) is 0 Å². The molecule has 2 heterocycles. The summed E-state index contributed by atoms with van der Waals surface area (Å²) in [6.07, 6.45) is -1.46. The van der Waals surface area contributed by atoms with Crippen molar-refractivity contribution in [1.82, 2.24) is 10.2 Å². The monoisotopic (exact) mass is 505 g/mol. The highest BCUT2D eigenvalue weighted by Gasteiger charge is 2.38. The summed E-state index contributed by atoms with van der Waals surface area (Å²) in [5.41, 5.74) is -2.83. The number of aliphatic hydroxyl groups excluding tert-OH is 1. The molecule has 1 fully saturated rings. The molecule has 0 unspecified atom stereocenters. The van der Waals surface area contributed by atoms with Gasteiger partial charge in [-0.05, 0) is 61.3 Å². The van der Waals surface area contributed by atoms with Gasteiger partial charge >= 0.3 is 17.6 Å². The highest BCUT2D eigenvalue weighted by Crippen LogP contribution is 2.38. The first-order valence-corrected chi connectivity index (χ1v) is 11.1. The molecule has 1 atom stereocenters. The summed E-state index contributed by atoms with van der Waals surface area (Å²) < 4.78 is 78.8. The number of carbonyl (C=O) groups is 1. The van der Waals surface area contributed by atoms with E-state index in [9.17, 15) is 36.2 Å². The number of terminal acetylenes is 1. The Morgan fingerprint density at radius 2 is 1.91 bits per heavy atom. The fourth-order valence-corrected chi connectivity index (χ4v) is 4.51. The van der Waals surface area contributed by atoms with E-state index in [1.807, 2.05) is 6.08 Å². The van der Waals surface area contributed by atoms with Crippen molar-refractivity contribution < 1.29 is 36.2 Å². The van der Waals surface area contributed by atoms with Crippen molar-refractivity contribution in [1.29, 1.82) is 0 Å². The number of nitrogens with one attached hydrogen (secondary N) is 1. The van der Waals surface area contributed by atoms with E-state index in [1.165, 1.54) is 0 Å². The van der Waals surface area contributed by atoms with Gasteiger partial charge in [-0.15, -0.1) is 6.42 Å². The quantitative estimate of drug-likeness (QED) is 0.450. The Bertz CT molecular complexity index is 1020. The summed E-state index contributed by atoms with van der Waals surface area (Å²) in [7, 11) is 0. The largest absolute Gasteiger partial charge is 0.416 e. The van der Waals surface area contributed by atoms with Gasteiger partial charge in [0, 0.05) is 6.54 Å². The van der Waals surface area contributed by atoms with E-state index < -0.39 is 34.8 Å². The van der Waals surface area contributed by atoms with Gasteiger partial charge in [0.15, 0.2) is 0 Å². The molecule has 34 heavy (non-hydrogen) atoms. The molecule has 3 rings (SSSR count). The lowest BCUT2D eigenvalue weighted by molar-refractivity contribution is -0.143. The zero-order valence-electron chi connectivity index (χ0n) is 17.7. The second kappa shape index (κ2) is 10.4. The molecule has 1 aromatic rings. The molecule has 2 aliphatic rings. The summed E-state index contributed by atoms with van der Waals surface area (Å²) in [5.74, 6) is 2.63. The van der Waals surface area contributed by atoms with E-state index >= 15 is 0 Å². The van der Waals surface area contributed by atoms with Crippen LogP contribution in [0.4, 0.5) is 31.1 Å². The number of thioether (sulfide) groups is 1. The van der Waals surface area contributed by atoms with E-state index in [0.717, 1.165) is 17.8 Å². The third-order valence-corrected chi connectivity index (χ3v) is 6.30. The van der Waals surface area contributed by atoms with Gasteiger partial charge < -0.3 is 10.4 Å². The van der Waals surface area contributed by atoms with Crippen molar-refractivity contribution in [3.05, 3.63) is 45.9 Å². The highest BCUT2D eigenvalue weighted by molar-refractivity contribution is 8.18. The van der Waals surface area contributed by atoms with Crippen LogP contribution in [0.1, 0.15) is 29.5 Å². The summed E-state index contributed by atoms with van der Waals surface area (Å²) in [4.78, 5) is 17.9. The lowest BCUT2D eigenvalue weighted by Crippen LogP contribution is -2.36. The normalized spacial score (nSPS) is 20.4. The molecule has 184 valence electrons. The number of alkyl halides is 6. The first kappa shape index (κ1) is 26.1. The molecule has 0 radical (unpaired) electrons. The fraction of sp³-hybridized carbons (Fsp3) is 0.455. The molecule has 1 saturated heterocycles. The lowest BCUT2D eigenvalue weighted by atomic mass is 9.95. The van der Waals surface area contributed by atoms with Crippen molar-refractivity contribution in [2.45, 2.75) is 37.8 Å². The van der Waals surface area contributed by atoms with Crippen LogP contribution >= 0.6 is 11.8 Å². The van der Waals surface area contributed by atoms with Crippen molar-refractivity contribution in [2.24, 2.45) is 10.9 Å². The number of hydrogen-bond acceptors (Lipinski definition) is 5. The van der Waals surface area contributed by atoms with Gasteiger partial charge in [0.2, 0.25) is 0 Å². The number of halogens is 6. The Balaban J connectivity index is 1.66.